The van der Waals surface area contributed by atoms with Crippen molar-refractivity contribution in [3.05, 3.63) is 48.3 Å². The molecule has 1 spiro atoms. The Labute approximate surface area is 168 Å². The third-order valence-corrected chi connectivity index (χ3v) is 5.67. The fourth-order valence-electron chi connectivity index (χ4n) is 4.02. The van der Waals surface area contributed by atoms with E-state index in [0.29, 0.717) is 31.1 Å². The molecule has 7 heteroatoms. The standard InChI is InChI=1S/C22H23FN2O4/c23-17-3-6-19-20(15-17)29-24-21(19)16-1-4-18(5-2-16)26-12-11-25-9-7-22(8-10-25)27-13-14-28-22/h1-6,15H,7-14H2. The molecule has 0 atom stereocenters. The summed E-state index contributed by atoms with van der Waals surface area (Å²) < 4.78 is 36.0. The average Bonchev–Trinajstić information content (AvgIpc) is 3.37. The van der Waals surface area contributed by atoms with Crippen LogP contribution in [0, 0.1) is 5.82 Å². The number of piperidine rings is 1. The summed E-state index contributed by atoms with van der Waals surface area (Å²) in [6, 6.07) is 12.2. The van der Waals surface area contributed by atoms with Crippen LogP contribution in [-0.4, -0.2) is 55.3 Å². The highest BCUT2D eigenvalue weighted by Crippen LogP contribution is 2.31. The van der Waals surface area contributed by atoms with Crippen molar-refractivity contribution in [2.24, 2.45) is 0 Å². The van der Waals surface area contributed by atoms with Crippen LogP contribution in [0.15, 0.2) is 47.0 Å². The van der Waals surface area contributed by atoms with Gasteiger partial charge in [-0.1, -0.05) is 5.16 Å². The van der Waals surface area contributed by atoms with Gasteiger partial charge in [0.2, 0.25) is 0 Å². The normalized spacial score (nSPS) is 19.2. The van der Waals surface area contributed by atoms with Crippen molar-refractivity contribution < 1.29 is 23.1 Å². The number of hydrogen-bond donors (Lipinski definition) is 0. The van der Waals surface area contributed by atoms with Gasteiger partial charge in [0, 0.05) is 49.5 Å². The minimum atomic E-state index is -0.337. The minimum absolute atomic E-state index is 0.329. The number of hydrogen-bond acceptors (Lipinski definition) is 6. The number of rotatable bonds is 5. The first-order valence-corrected chi connectivity index (χ1v) is 9.99. The van der Waals surface area contributed by atoms with Crippen LogP contribution in [0.4, 0.5) is 4.39 Å². The van der Waals surface area contributed by atoms with Crippen molar-refractivity contribution >= 4 is 11.0 Å². The molecule has 2 aliphatic rings. The van der Waals surface area contributed by atoms with E-state index in [4.69, 9.17) is 18.7 Å². The van der Waals surface area contributed by atoms with Crippen molar-refractivity contribution in [1.82, 2.24) is 10.1 Å². The van der Waals surface area contributed by atoms with Crippen LogP contribution >= 0.6 is 0 Å². The molecular formula is C22H23FN2O4. The van der Waals surface area contributed by atoms with Crippen molar-refractivity contribution in [2.75, 3.05) is 39.5 Å². The van der Waals surface area contributed by atoms with Gasteiger partial charge >= 0.3 is 0 Å². The maximum absolute atomic E-state index is 13.3. The fraction of sp³-hybridized carbons (Fsp3) is 0.409. The van der Waals surface area contributed by atoms with Gasteiger partial charge in [-0.05, 0) is 36.4 Å². The van der Waals surface area contributed by atoms with Gasteiger partial charge in [-0.25, -0.2) is 4.39 Å². The molecule has 3 aromatic rings. The van der Waals surface area contributed by atoms with Crippen molar-refractivity contribution in [3.8, 4) is 17.0 Å². The lowest BCUT2D eigenvalue weighted by Gasteiger charge is -2.37. The first kappa shape index (κ1) is 18.5. The van der Waals surface area contributed by atoms with Crippen LogP contribution < -0.4 is 4.74 Å². The smallest absolute Gasteiger partial charge is 0.170 e. The van der Waals surface area contributed by atoms with Gasteiger partial charge in [0.25, 0.3) is 0 Å². The Balaban J connectivity index is 1.15. The number of benzene rings is 2. The largest absolute Gasteiger partial charge is 0.492 e. The summed E-state index contributed by atoms with van der Waals surface area (Å²) in [5, 5.41) is 4.87. The fourth-order valence-corrected chi connectivity index (χ4v) is 4.02. The summed E-state index contributed by atoms with van der Waals surface area (Å²) in [6.07, 6.45) is 1.83. The Hall–Kier alpha value is -2.48. The lowest BCUT2D eigenvalue weighted by Crippen LogP contribution is -2.46. The predicted molar refractivity (Wildman–Crippen MR) is 105 cm³/mol. The average molecular weight is 398 g/mol. The van der Waals surface area contributed by atoms with E-state index >= 15 is 0 Å². The molecular weight excluding hydrogens is 375 g/mol. The first-order valence-electron chi connectivity index (χ1n) is 9.99. The zero-order valence-corrected chi connectivity index (χ0v) is 16.1. The van der Waals surface area contributed by atoms with E-state index in [-0.39, 0.29) is 11.6 Å². The summed E-state index contributed by atoms with van der Waals surface area (Å²) in [5.41, 5.74) is 2.04. The van der Waals surface area contributed by atoms with Gasteiger partial charge in [-0.2, -0.15) is 0 Å². The molecule has 152 valence electrons. The first-order chi connectivity index (χ1) is 14.2. The SMILES string of the molecule is Fc1ccc2c(-c3ccc(OCCN4CCC5(CC4)OCCO5)cc3)noc2c1. The monoisotopic (exact) mass is 398 g/mol. The van der Waals surface area contributed by atoms with Gasteiger partial charge in [0.05, 0.1) is 13.2 Å². The van der Waals surface area contributed by atoms with Gasteiger partial charge in [0.15, 0.2) is 11.4 Å². The number of fused-ring (bicyclic) bond motifs is 1. The molecule has 5 rings (SSSR count). The van der Waals surface area contributed by atoms with Gasteiger partial charge < -0.3 is 18.7 Å². The van der Waals surface area contributed by atoms with Crippen LogP contribution in [-0.2, 0) is 9.47 Å². The zero-order chi connectivity index (χ0) is 19.7. The Bertz CT molecular complexity index is 972. The summed E-state index contributed by atoms with van der Waals surface area (Å²) in [6.45, 7) is 4.84. The maximum atomic E-state index is 13.3. The molecule has 0 amide bonds. The van der Waals surface area contributed by atoms with Crippen molar-refractivity contribution in [3.63, 3.8) is 0 Å². The summed E-state index contributed by atoms with van der Waals surface area (Å²) >= 11 is 0. The van der Waals surface area contributed by atoms with E-state index in [1.54, 1.807) is 6.07 Å². The molecule has 0 bridgehead atoms. The second-order valence-electron chi connectivity index (χ2n) is 7.49. The predicted octanol–water partition coefficient (Wildman–Crippen LogP) is 3.85. The van der Waals surface area contributed by atoms with E-state index in [2.05, 4.69) is 10.1 Å². The summed E-state index contributed by atoms with van der Waals surface area (Å²) in [7, 11) is 0. The van der Waals surface area contributed by atoms with Crippen molar-refractivity contribution in [1.29, 1.82) is 0 Å². The molecule has 0 aliphatic carbocycles. The third-order valence-electron chi connectivity index (χ3n) is 5.67. The lowest BCUT2D eigenvalue weighted by atomic mass is 10.0. The molecule has 0 unspecified atom stereocenters. The molecule has 2 aromatic carbocycles. The molecule has 1 aromatic heterocycles. The minimum Gasteiger partial charge on any atom is -0.492 e. The van der Waals surface area contributed by atoms with Gasteiger partial charge in [-0.3, -0.25) is 4.90 Å². The molecule has 2 saturated heterocycles. The summed E-state index contributed by atoms with van der Waals surface area (Å²) in [4.78, 5) is 2.38. The second-order valence-corrected chi connectivity index (χ2v) is 7.49. The number of ether oxygens (including phenoxy) is 3. The molecule has 29 heavy (non-hydrogen) atoms. The molecule has 0 radical (unpaired) electrons. The third kappa shape index (κ3) is 3.85. The van der Waals surface area contributed by atoms with E-state index in [1.807, 2.05) is 24.3 Å². The molecule has 6 nitrogen and oxygen atoms in total. The van der Waals surface area contributed by atoms with Crippen molar-refractivity contribution in [2.45, 2.75) is 18.6 Å². The Kier molecular flexibility index (Phi) is 4.95. The number of likely N-dealkylation sites (tertiary alicyclic amines) is 1. The molecule has 3 heterocycles. The van der Waals surface area contributed by atoms with Gasteiger partial charge in [-0.15, -0.1) is 0 Å². The topological polar surface area (TPSA) is 57.0 Å². The van der Waals surface area contributed by atoms with Gasteiger partial charge in [0.1, 0.15) is 23.9 Å². The van der Waals surface area contributed by atoms with Crippen LogP contribution in [0.5, 0.6) is 5.75 Å². The van der Waals surface area contributed by atoms with Crippen LogP contribution in [0.3, 0.4) is 0 Å². The summed E-state index contributed by atoms with van der Waals surface area (Å²) in [5.74, 6) is 0.143. The lowest BCUT2D eigenvalue weighted by molar-refractivity contribution is -0.185. The molecule has 2 aliphatic heterocycles. The van der Waals surface area contributed by atoms with E-state index < -0.39 is 0 Å². The highest BCUT2D eigenvalue weighted by atomic mass is 19.1. The van der Waals surface area contributed by atoms with Crippen LogP contribution in [0.2, 0.25) is 0 Å². The Morgan fingerprint density at radius 3 is 2.55 bits per heavy atom. The maximum Gasteiger partial charge on any atom is 0.170 e. The van der Waals surface area contributed by atoms with E-state index in [1.165, 1.54) is 12.1 Å². The highest BCUT2D eigenvalue weighted by molar-refractivity contribution is 5.91. The van der Waals surface area contributed by atoms with E-state index in [9.17, 15) is 4.39 Å². The second kappa shape index (κ2) is 7.74. The highest BCUT2D eigenvalue weighted by Gasteiger charge is 2.39. The Morgan fingerprint density at radius 2 is 1.79 bits per heavy atom. The molecule has 0 saturated carbocycles. The molecule has 0 N–H and O–H groups in total. The van der Waals surface area contributed by atoms with E-state index in [0.717, 1.165) is 49.2 Å². The molecule has 2 fully saturated rings. The van der Waals surface area contributed by atoms with Crippen LogP contribution in [0.1, 0.15) is 12.8 Å². The van der Waals surface area contributed by atoms with Crippen LogP contribution in [0.25, 0.3) is 22.2 Å². The number of halogens is 1. The quantitative estimate of drug-likeness (QED) is 0.651. The number of aromatic nitrogens is 1. The Morgan fingerprint density at radius 1 is 1.03 bits per heavy atom. The number of nitrogens with zero attached hydrogens (tertiary/aromatic N) is 2. The zero-order valence-electron chi connectivity index (χ0n) is 16.1.